The number of rotatable bonds is 7. The minimum atomic E-state index is -0.686. The van der Waals surface area contributed by atoms with Crippen molar-refractivity contribution in [3.63, 3.8) is 0 Å². The molecule has 0 amide bonds. The number of guanidine groups is 1. The third-order valence-electron chi connectivity index (χ3n) is 5.15. The fraction of sp³-hybridized carbons (Fsp3) is 0.944. The minimum Gasteiger partial charge on any atom is -0.379 e. The molecule has 6 nitrogen and oxygen atoms in total. The first-order valence-electron chi connectivity index (χ1n) is 9.87. The molecule has 0 aromatic carbocycles. The lowest BCUT2D eigenvalue weighted by Gasteiger charge is -2.32. The molecule has 1 aliphatic carbocycles. The number of hydrogen-bond acceptors (Lipinski definition) is 4. The third-order valence-corrected chi connectivity index (χ3v) is 6.89. The average molecular weight is 500 g/mol. The summed E-state index contributed by atoms with van der Waals surface area (Å²) < 4.78 is 17.6. The van der Waals surface area contributed by atoms with Crippen molar-refractivity contribution in [1.29, 1.82) is 0 Å². The largest absolute Gasteiger partial charge is 0.379 e. The summed E-state index contributed by atoms with van der Waals surface area (Å²) in [6.45, 7) is 11.6. The summed E-state index contributed by atoms with van der Waals surface area (Å²) in [7, 11) is -0.686. The second-order valence-electron chi connectivity index (χ2n) is 7.02. The maximum absolute atomic E-state index is 12.1. The predicted octanol–water partition coefficient (Wildman–Crippen LogP) is 1.96. The van der Waals surface area contributed by atoms with Gasteiger partial charge >= 0.3 is 0 Å². The van der Waals surface area contributed by atoms with Gasteiger partial charge < -0.3 is 15.4 Å². The van der Waals surface area contributed by atoms with Crippen LogP contribution in [0.15, 0.2) is 4.99 Å². The van der Waals surface area contributed by atoms with Gasteiger partial charge in [0.15, 0.2) is 5.96 Å². The number of hydrogen-bond donors (Lipinski definition) is 2. The highest BCUT2D eigenvalue weighted by molar-refractivity contribution is 14.0. The predicted molar refractivity (Wildman–Crippen MR) is 121 cm³/mol. The van der Waals surface area contributed by atoms with E-state index in [1.807, 2.05) is 6.92 Å². The van der Waals surface area contributed by atoms with Crippen molar-refractivity contribution in [2.45, 2.75) is 63.8 Å². The monoisotopic (exact) mass is 500 g/mol. The van der Waals surface area contributed by atoms with Crippen LogP contribution in [0.25, 0.3) is 0 Å². The molecule has 4 atom stereocenters. The fourth-order valence-corrected chi connectivity index (χ4v) is 4.97. The van der Waals surface area contributed by atoms with E-state index in [0.717, 1.165) is 76.8 Å². The highest BCUT2D eigenvalue weighted by Gasteiger charge is 2.26. The fourth-order valence-electron chi connectivity index (χ4n) is 3.62. The third kappa shape index (κ3) is 7.98. The van der Waals surface area contributed by atoms with Crippen LogP contribution in [0.1, 0.15) is 46.5 Å². The zero-order valence-corrected chi connectivity index (χ0v) is 19.7. The van der Waals surface area contributed by atoms with Crippen molar-refractivity contribution in [2.24, 2.45) is 4.99 Å². The van der Waals surface area contributed by atoms with Crippen molar-refractivity contribution < 1.29 is 8.95 Å². The van der Waals surface area contributed by atoms with Crippen molar-refractivity contribution in [2.75, 3.05) is 45.1 Å². The number of halogens is 1. The molecule has 2 rings (SSSR count). The maximum Gasteiger partial charge on any atom is 0.191 e. The Labute approximate surface area is 178 Å². The molecule has 2 aliphatic rings. The number of nitrogens with zero attached hydrogens (tertiary/aromatic N) is 2. The lowest BCUT2D eigenvalue weighted by atomic mass is 9.95. The summed E-state index contributed by atoms with van der Waals surface area (Å²) in [5, 5.41) is 7.29. The quantitative estimate of drug-likeness (QED) is 0.318. The van der Waals surface area contributed by atoms with Crippen LogP contribution in [0.3, 0.4) is 0 Å². The molecule has 0 aromatic heterocycles. The van der Waals surface area contributed by atoms with Crippen LogP contribution in [0.5, 0.6) is 0 Å². The van der Waals surface area contributed by atoms with Gasteiger partial charge in [-0.2, -0.15) is 0 Å². The summed E-state index contributed by atoms with van der Waals surface area (Å²) in [4.78, 5) is 7.25. The van der Waals surface area contributed by atoms with E-state index in [2.05, 4.69) is 29.4 Å². The molecular weight excluding hydrogens is 463 g/mol. The summed E-state index contributed by atoms with van der Waals surface area (Å²) >= 11 is 0. The van der Waals surface area contributed by atoms with Gasteiger partial charge in [-0.3, -0.25) is 14.1 Å². The molecule has 8 heteroatoms. The number of aliphatic imine (C=N–C) groups is 1. The molecule has 0 radical (unpaired) electrons. The molecule has 26 heavy (non-hydrogen) atoms. The molecule has 2 fully saturated rings. The number of ether oxygens (including phenoxy) is 1. The molecule has 2 N–H and O–H groups in total. The summed E-state index contributed by atoms with van der Waals surface area (Å²) in [5.74, 6) is 1.67. The van der Waals surface area contributed by atoms with E-state index in [1.165, 1.54) is 0 Å². The van der Waals surface area contributed by atoms with Crippen LogP contribution in [0.2, 0.25) is 0 Å². The Kier molecular flexibility index (Phi) is 12.3. The Bertz CT molecular complexity index is 447. The number of morpholine rings is 1. The van der Waals surface area contributed by atoms with E-state index in [0.29, 0.717) is 17.3 Å². The van der Waals surface area contributed by atoms with Crippen LogP contribution < -0.4 is 10.6 Å². The first-order chi connectivity index (χ1) is 12.1. The Morgan fingerprint density at radius 3 is 2.69 bits per heavy atom. The van der Waals surface area contributed by atoms with E-state index < -0.39 is 10.8 Å². The normalized spacial score (nSPS) is 27.3. The molecule has 0 bridgehead atoms. The van der Waals surface area contributed by atoms with Crippen LogP contribution in [-0.4, -0.2) is 77.5 Å². The van der Waals surface area contributed by atoms with Crippen LogP contribution in [0, 0.1) is 0 Å². The molecule has 1 heterocycles. The SMILES string of the molecule is CCNC(=NCC(C)N1CCOCC1)NC1CCCC(S(=O)CC)C1.I. The highest BCUT2D eigenvalue weighted by Crippen LogP contribution is 2.23. The van der Waals surface area contributed by atoms with Crippen LogP contribution in [-0.2, 0) is 15.5 Å². The first kappa shape index (κ1) is 24.1. The van der Waals surface area contributed by atoms with Gasteiger partial charge in [0, 0.05) is 53.5 Å². The molecule has 1 aliphatic heterocycles. The Morgan fingerprint density at radius 1 is 1.31 bits per heavy atom. The standard InChI is InChI=1S/C18H36N4O2S.HI/c1-4-19-18(20-14-15(3)22-9-11-24-12-10-22)21-16-7-6-8-17(13-16)25(23)5-2;/h15-17H,4-14H2,1-3H3,(H2,19,20,21);1H. The highest BCUT2D eigenvalue weighted by atomic mass is 127. The molecule has 1 saturated carbocycles. The van der Waals surface area contributed by atoms with Gasteiger partial charge in [0.25, 0.3) is 0 Å². The van der Waals surface area contributed by atoms with E-state index >= 15 is 0 Å². The van der Waals surface area contributed by atoms with Crippen molar-refractivity contribution in [3.05, 3.63) is 0 Å². The molecule has 154 valence electrons. The molecule has 4 unspecified atom stereocenters. The first-order valence-corrected chi connectivity index (χ1v) is 11.3. The zero-order valence-electron chi connectivity index (χ0n) is 16.5. The van der Waals surface area contributed by atoms with Gasteiger partial charge in [0.1, 0.15) is 0 Å². The van der Waals surface area contributed by atoms with Gasteiger partial charge in [-0.1, -0.05) is 13.3 Å². The smallest absolute Gasteiger partial charge is 0.191 e. The molecule has 1 saturated heterocycles. The topological polar surface area (TPSA) is 66.0 Å². The van der Waals surface area contributed by atoms with E-state index in [4.69, 9.17) is 9.73 Å². The Morgan fingerprint density at radius 2 is 2.04 bits per heavy atom. The van der Waals surface area contributed by atoms with Gasteiger partial charge in [0.2, 0.25) is 0 Å². The maximum atomic E-state index is 12.1. The molecule has 0 spiro atoms. The van der Waals surface area contributed by atoms with Crippen LogP contribution in [0.4, 0.5) is 0 Å². The zero-order chi connectivity index (χ0) is 18.1. The van der Waals surface area contributed by atoms with E-state index in [1.54, 1.807) is 0 Å². The molecular formula is C18H37IN4O2S. The number of nitrogens with one attached hydrogen (secondary N) is 2. The second-order valence-corrected chi connectivity index (χ2v) is 9.02. The van der Waals surface area contributed by atoms with Gasteiger partial charge in [-0.05, 0) is 33.1 Å². The van der Waals surface area contributed by atoms with E-state index in [-0.39, 0.29) is 24.0 Å². The molecule has 0 aromatic rings. The lowest BCUT2D eigenvalue weighted by molar-refractivity contribution is 0.0220. The van der Waals surface area contributed by atoms with Gasteiger partial charge in [-0.25, -0.2) is 0 Å². The minimum absolute atomic E-state index is 0. The Hall–Kier alpha value is 0.0700. The summed E-state index contributed by atoms with van der Waals surface area (Å²) in [6.07, 6.45) is 4.38. The Balaban J connectivity index is 0.00000338. The van der Waals surface area contributed by atoms with Gasteiger partial charge in [-0.15, -0.1) is 24.0 Å². The second kappa shape index (κ2) is 13.3. The van der Waals surface area contributed by atoms with Crippen molar-refractivity contribution in [1.82, 2.24) is 15.5 Å². The summed E-state index contributed by atoms with van der Waals surface area (Å²) in [6, 6.07) is 0.803. The summed E-state index contributed by atoms with van der Waals surface area (Å²) in [5.41, 5.74) is 0. The van der Waals surface area contributed by atoms with Crippen molar-refractivity contribution >= 4 is 40.7 Å². The van der Waals surface area contributed by atoms with Crippen LogP contribution >= 0.6 is 24.0 Å². The van der Waals surface area contributed by atoms with E-state index in [9.17, 15) is 4.21 Å². The lowest BCUT2D eigenvalue weighted by Crippen LogP contribution is -2.48. The average Bonchev–Trinajstić information content (AvgIpc) is 2.66. The van der Waals surface area contributed by atoms with Gasteiger partial charge in [0.05, 0.1) is 19.8 Å². The van der Waals surface area contributed by atoms with Crippen molar-refractivity contribution in [3.8, 4) is 0 Å².